The molecule has 0 aromatic heterocycles. The lowest BCUT2D eigenvalue weighted by molar-refractivity contribution is -0.159. The molecule has 7 aromatic rings. The number of carbonyl (C=O) groups excluding carboxylic acids is 3. The zero-order valence-corrected chi connectivity index (χ0v) is 39.8. The summed E-state index contributed by atoms with van der Waals surface area (Å²) in [5.41, 5.74) is 7.59. The Hall–Kier alpha value is -6.93. The summed E-state index contributed by atoms with van der Waals surface area (Å²) in [6.07, 6.45) is 0.113. The van der Waals surface area contributed by atoms with Crippen LogP contribution < -0.4 is 10.6 Å². The predicted molar refractivity (Wildman–Crippen MR) is 270 cm³/mol. The fraction of sp³-hybridized carbons (Fsp3) is 0.262. The zero-order valence-electron chi connectivity index (χ0n) is 39.8. The number of rotatable bonds is 15. The summed E-state index contributed by atoms with van der Waals surface area (Å²) in [6, 6.07) is 61.5. The average molecular weight is 901 g/mol. The molecule has 2 N–H and O–H groups in total. The summed E-state index contributed by atoms with van der Waals surface area (Å²) in [5.74, 6) is -1.54. The molecule has 0 spiro atoms. The highest BCUT2D eigenvalue weighted by Crippen LogP contribution is 2.53. The van der Waals surface area contributed by atoms with E-state index in [1.807, 2.05) is 157 Å². The van der Waals surface area contributed by atoms with Gasteiger partial charge in [0.2, 0.25) is 0 Å². The van der Waals surface area contributed by atoms with E-state index in [0.29, 0.717) is 0 Å². The third kappa shape index (κ3) is 8.96. The molecule has 0 aliphatic heterocycles. The highest BCUT2D eigenvalue weighted by atomic mass is 16.6. The largest absolute Gasteiger partial charge is 0.459 e. The van der Waals surface area contributed by atoms with Gasteiger partial charge in [0.25, 0.3) is 0 Å². The van der Waals surface area contributed by atoms with Gasteiger partial charge in [-0.1, -0.05) is 188 Å². The first-order valence-electron chi connectivity index (χ1n) is 23.8. The van der Waals surface area contributed by atoms with Crippen LogP contribution in [-0.4, -0.2) is 41.0 Å². The lowest BCUT2D eigenvalue weighted by Gasteiger charge is -2.39. The minimum absolute atomic E-state index is 0.0446. The first-order valence-corrected chi connectivity index (χ1v) is 23.8. The Morgan fingerprint density at radius 2 is 0.750 bits per heavy atom. The van der Waals surface area contributed by atoms with Gasteiger partial charge in [-0.15, -0.1) is 0 Å². The fourth-order valence-corrected chi connectivity index (χ4v) is 10.6. The van der Waals surface area contributed by atoms with Crippen LogP contribution in [0.2, 0.25) is 0 Å². The van der Waals surface area contributed by atoms with E-state index in [4.69, 9.17) is 9.47 Å². The normalized spacial score (nSPS) is 15.4. The van der Waals surface area contributed by atoms with Gasteiger partial charge in [-0.2, -0.15) is 0 Å². The minimum Gasteiger partial charge on any atom is -0.459 e. The fourth-order valence-electron chi connectivity index (χ4n) is 10.6. The van der Waals surface area contributed by atoms with E-state index in [9.17, 15) is 9.59 Å². The summed E-state index contributed by atoms with van der Waals surface area (Å²) in [5, 5.41) is 7.77. The predicted octanol–water partition coefficient (Wildman–Crippen LogP) is 12.1. The number of nitrogens with one attached hydrogen (secondary N) is 2. The number of fused-ring (bicyclic) bond motifs is 6. The molecule has 0 amide bonds. The van der Waals surface area contributed by atoms with Gasteiger partial charge in [0.1, 0.15) is 29.1 Å². The lowest BCUT2D eigenvalue weighted by atomic mass is 9.78. The Kier molecular flexibility index (Phi) is 12.7. The molecule has 0 unspecified atom stereocenters. The van der Waals surface area contributed by atoms with Crippen LogP contribution in [0.4, 0.5) is 0 Å². The van der Waals surface area contributed by atoms with Gasteiger partial charge < -0.3 is 9.47 Å². The number of ether oxygens (including phenoxy) is 2. The van der Waals surface area contributed by atoms with Crippen molar-refractivity contribution in [3.8, 4) is 22.3 Å². The smallest absolute Gasteiger partial charge is 0.324 e. The molecule has 0 radical (unpaired) electrons. The maximum absolute atomic E-state index is 15.2. The van der Waals surface area contributed by atoms with Gasteiger partial charge in [-0.3, -0.25) is 25.0 Å². The Morgan fingerprint density at radius 3 is 1.13 bits per heavy atom. The Morgan fingerprint density at radius 1 is 0.426 bits per heavy atom. The van der Waals surface area contributed by atoms with Crippen molar-refractivity contribution in [1.29, 1.82) is 0 Å². The Bertz CT molecular complexity index is 2840. The number of ketones is 1. The average Bonchev–Trinajstić information content (AvgIpc) is 3.78. The van der Waals surface area contributed by atoms with Crippen molar-refractivity contribution in [1.82, 2.24) is 10.6 Å². The molecule has 9 rings (SSSR count). The van der Waals surface area contributed by atoms with Gasteiger partial charge in [0, 0.05) is 12.8 Å². The third-order valence-corrected chi connectivity index (χ3v) is 13.2. The second kappa shape index (κ2) is 18.6. The number of hydrogen-bond acceptors (Lipinski definition) is 7. The van der Waals surface area contributed by atoms with Crippen molar-refractivity contribution in [2.45, 2.75) is 101 Å². The number of esters is 2. The Labute approximate surface area is 401 Å². The summed E-state index contributed by atoms with van der Waals surface area (Å²) < 4.78 is 12.4. The summed E-state index contributed by atoms with van der Waals surface area (Å²) in [7, 11) is 0. The molecule has 3 atom stereocenters. The summed E-state index contributed by atoms with van der Waals surface area (Å²) in [6.45, 7) is 11.2. The summed E-state index contributed by atoms with van der Waals surface area (Å²) in [4.78, 5) is 44.8. The van der Waals surface area contributed by atoms with Crippen LogP contribution in [-0.2, 0) is 34.9 Å². The van der Waals surface area contributed by atoms with Crippen molar-refractivity contribution in [2.24, 2.45) is 0 Å². The molecule has 0 fully saturated rings. The quantitative estimate of drug-likeness (QED) is 0.0990. The van der Waals surface area contributed by atoms with Crippen molar-refractivity contribution in [2.75, 3.05) is 0 Å². The SMILES string of the molecule is CC(C)(C)OC(=O)[C@H](CC(=O)C[C@@H](C[C@H](NC1(c2ccccc2)c2ccccc2-c2ccccc21)C(=O)OC(C)(C)C)c1ccccc1)NC1(c2ccccc2)c2ccccc2-c2ccccc21. The van der Waals surface area contributed by atoms with E-state index in [1.54, 1.807) is 0 Å². The van der Waals surface area contributed by atoms with E-state index in [-0.39, 0.29) is 25.0 Å². The van der Waals surface area contributed by atoms with Crippen LogP contribution in [0, 0.1) is 0 Å². The monoisotopic (exact) mass is 900 g/mol. The molecule has 0 bridgehead atoms. The number of carbonyl (C=O) groups is 3. The maximum atomic E-state index is 15.2. The topological polar surface area (TPSA) is 93.7 Å². The van der Waals surface area contributed by atoms with Gasteiger partial charge in [-0.25, -0.2) is 0 Å². The van der Waals surface area contributed by atoms with Crippen LogP contribution in [0.3, 0.4) is 0 Å². The molecule has 344 valence electrons. The second-order valence-electron chi connectivity index (χ2n) is 20.2. The zero-order chi connectivity index (χ0) is 47.7. The van der Waals surface area contributed by atoms with E-state index in [2.05, 4.69) is 83.4 Å². The van der Waals surface area contributed by atoms with Gasteiger partial charge in [0.15, 0.2) is 0 Å². The van der Waals surface area contributed by atoms with Crippen LogP contribution in [0.5, 0.6) is 0 Å². The lowest BCUT2D eigenvalue weighted by Crippen LogP contribution is -2.54. The maximum Gasteiger partial charge on any atom is 0.324 e. The third-order valence-electron chi connectivity index (χ3n) is 13.2. The number of benzene rings is 7. The van der Waals surface area contributed by atoms with Gasteiger partial charge in [-0.05, 0) is 115 Å². The van der Waals surface area contributed by atoms with Crippen molar-refractivity contribution < 1.29 is 23.9 Å². The van der Waals surface area contributed by atoms with E-state index >= 15 is 4.79 Å². The Balaban J connectivity index is 1.11. The molecular formula is C61H60N2O5. The van der Waals surface area contributed by atoms with Gasteiger partial charge in [0.05, 0.1) is 11.1 Å². The molecule has 68 heavy (non-hydrogen) atoms. The standard InChI is InChI=1S/C61H60N2O5/c1-58(2,3)67-56(65)54(62-60(43-26-12-8-13-27-43)50-34-20-16-30-46(50)47-31-17-21-35-51(47)60)39-42(41-24-10-7-11-25-41)38-45(64)40-55(57(66)68-59(4,5)6)63-61(44-28-14-9-15-29-44)52-36-22-18-32-48(52)49-33-19-23-37-53(49)61/h7-37,42,54-55,62-63H,38-40H2,1-6H3/t42-,54-,55-/m0/s1. The van der Waals surface area contributed by atoms with Crippen molar-refractivity contribution in [3.05, 3.63) is 227 Å². The number of Topliss-reactive ketones (excluding diaryl/α,β-unsaturated/α-hetero) is 1. The van der Waals surface area contributed by atoms with Gasteiger partial charge >= 0.3 is 11.9 Å². The van der Waals surface area contributed by atoms with E-state index in [0.717, 1.165) is 61.2 Å². The first-order chi connectivity index (χ1) is 32.7. The van der Waals surface area contributed by atoms with Crippen LogP contribution in [0.1, 0.15) is 106 Å². The molecule has 0 saturated carbocycles. The molecule has 2 aliphatic carbocycles. The van der Waals surface area contributed by atoms with Crippen molar-refractivity contribution >= 4 is 17.7 Å². The van der Waals surface area contributed by atoms with E-state index in [1.165, 1.54) is 0 Å². The van der Waals surface area contributed by atoms with E-state index < -0.39 is 52.2 Å². The number of hydrogen-bond donors (Lipinski definition) is 2. The van der Waals surface area contributed by atoms with Crippen molar-refractivity contribution in [3.63, 3.8) is 0 Å². The van der Waals surface area contributed by atoms with Crippen LogP contribution in [0.15, 0.2) is 188 Å². The molecule has 0 saturated heterocycles. The highest BCUT2D eigenvalue weighted by Gasteiger charge is 2.49. The first kappa shape index (κ1) is 46.2. The summed E-state index contributed by atoms with van der Waals surface area (Å²) >= 11 is 0. The molecule has 2 aliphatic rings. The molecule has 7 nitrogen and oxygen atoms in total. The minimum atomic E-state index is -1.05. The van der Waals surface area contributed by atoms with Crippen LogP contribution in [0.25, 0.3) is 22.3 Å². The highest BCUT2D eigenvalue weighted by molar-refractivity contribution is 5.89. The molecule has 0 heterocycles. The molecule has 7 heteroatoms. The van der Waals surface area contributed by atoms with Crippen LogP contribution >= 0.6 is 0 Å². The molecule has 7 aromatic carbocycles. The molecular weight excluding hydrogens is 841 g/mol. The second-order valence-corrected chi connectivity index (χ2v) is 20.2.